The van der Waals surface area contributed by atoms with Crippen molar-refractivity contribution >= 4 is 11.8 Å². The molecular weight excluding hydrogens is 302 g/mol. The van der Waals surface area contributed by atoms with Crippen LogP contribution >= 0.6 is 0 Å². The zero-order valence-corrected chi connectivity index (χ0v) is 14.7. The Morgan fingerprint density at radius 3 is 2.38 bits per heavy atom. The minimum absolute atomic E-state index is 0.197. The van der Waals surface area contributed by atoms with Gasteiger partial charge in [0.2, 0.25) is 5.91 Å². The number of aromatic nitrogens is 1. The first kappa shape index (κ1) is 17.8. The molecule has 24 heavy (non-hydrogen) atoms. The molecule has 128 valence electrons. The van der Waals surface area contributed by atoms with Crippen LogP contribution in [-0.2, 0) is 11.3 Å². The molecule has 5 heteroatoms. The van der Waals surface area contributed by atoms with Crippen molar-refractivity contribution in [2.45, 2.75) is 45.8 Å². The number of rotatable bonds is 5. The normalized spacial score (nSPS) is 12.5. The van der Waals surface area contributed by atoms with E-state index in [9.17, 15) is 9.59 Å². The van der Waals surface area contributed by atoms with Gasteiger partial charge in [-0.1, -0.05) is 30.3 Å². The van der Waals surface area contributed by atoms with Crippen molar-refractivity contribution in [3.05, 3.63) is 59.9 Å². The molecule has 1 unspecified atom stereocenters. The molecule has 0 aliphatic rings. The van der Waals surface area contributed by atoms with Crippen LogP contribution in [0.3, 0.4) is 0 Å². The lowest BCUT2D eigenvalue weighted by Crippen LogP contribution is -2.51. The van der Waals surface area contributed by atoms with Crippen LogP contribution in [0.25, 0.3) is 0 Å². The van der Waals surface area contributed by atoms with E-state index in [1.807, 2.05) is 67.9 Å². The van der Waals surface area contributed by atoms with Gasteiger partial charge in [0.1, 0.15) is 11.7 Å². The van der Waals surface area contributed by atoms with Gasteiger partial charge >= 0.3 is 0 Å². The highest BCUT2D eigenvalue weighted by molar-refractivity contribution is 5.96. The Morgan fingerprint density at radius 2 is 1.75 bits per heavy atom. The maximum atomic E-state index is 12.5. The molecular formula is C19H25N3O2. The molecule has 0 aliphatic heterocycles. The van der Waals surface area contributed by atoms with Crippen LogP contribution in [0.2, 0.25) is 0 Å². The Labute approximate surface area is 143 Å². The molecule has 0 fully saturated rings. The number of hydrogen-bond acceptors (Lipinski definition) is 2. The third-order valence-corrected chi connectivity index (χ3v) is 3.50. The smallest absolute Gasteiger partial charge is 0.268 e. The standard InChI is InChI=1S/C19H25N3O2/c1-14(17(23)21-19(2,3)4)20-18(24)16-11-8-12-22(16)13-15-9-6-5-7-10-15/h5-12,14H,13H2,1-4H3,(H,20,24)(H,21,23). The number of nitrogens with zero attached hydrogens (tertiary/aromatic N) is 1. The number of hydrogen-bond donors (Lipinski definition) is 2. The van der Waals surface area contributed by atoms with Gasteiger partial charge in [0.25, 0.3) is 5.91 Å². The lowest BCUT2D eigenvalue weighted by atomic mass is 10.1. The summed E-state index contributed by atoms with van der Waals surface area (Å²) >= 11 is 0. The van der Waals surface area contributed by atoms with Gasteiger partial charge in [0.05, 0.1) is 0 Å². The number of carbonyl (C=O) groups is 2. The molecule has 2 aromatic rings. The molecule has 0 spiro atoms. The Bertz CT molecular complexity index is 699. The van der Waals surface area contributed by atoms with Crippen LogP contribution in [0.1, 0.15) is 43.7 Å². The third-order valence-electron chi connectivity index (χ3n) is 3.50. The molecule has 2 N–H and O–H groups in total. The van der Waals surface area contributed by atoms with E-state index in [1.54, 1.807) is 13.0 Å². The summed E-state index contributed by atoms with van der Waals surface area (Å²) in [5.41, 5.74) is 1.32. The van der Waals surface area contributed by atoms with E-state index in [4.69, 9.17) is 0 Å². The maximum Gasteiger partial charge on any atom is 0.268 e. The van der Waals surface area contributed by atoms with Crippen LogP contribution in [0.5, 0.6) is 0 Å². The summed E-state index contributed by atoms with van der Waals surface area (Å²) in [6.07, 6.45) is 1.86. The summed E-state index contributed by atoms with van der Waals surface area (Å²) in [4.78, 5) is 24.6. The molecule has 2 rings (SSSR count). The summed E-state index contributed by atoms with van der Waals surface area (Å²) < 4.78 is 1.87. The fourth-order valence-electron chi connectivity index (χ4n) is 2.35. The van der Waals surface area contributed by atoms with Crippen molar-refractivity contribution in [2.24, 2.45) is 0 Å². The van der Waals surface area contributed by atoms with E-state index < -0.39 is 6.04 Å². The van der Waals surface area contributed by atoms with E-state index in [0.29, 0.717) is 12.2 Å². The van der Waals surface area contributed by atoms with Gasteiger partial charge in [-0.05, 0) is 45.4 Å². The minimum Gasteiger partial charge on any atom is -0.350 e. The second-order valence-corrected chi connectivity index (χ2v) is 6.94. The van der Waals surface area contributed by atoms with Crippen LogP contribution in [0, 0.1) is 0 Å². The van der Waals surface area contributed by atoms with E-state index in [0.717, 1.165) is 5.56 Å². The SMILES string of the molecule is CC(NC(=O)c1cccn1Cc1ccccc1)C(=O)NC(C)(C)C. The minimum atomic E-state index is -0.600. The molecule has 1 atom stereocenters. The van der Waals surface area contributed by atoms with E-state index >= 15 is 0 Å². The Kier molecular flexibility index (Phi) is 5.44. The second-order valence-electron chi connectivity index (χ2n) is 6.94. The monoisotopic (exact) mass is 327 g/mol. The van der Waals surface area contributed by atoms with Crippen molar-refractivity contribution < 1.29 is 9.59 Å². The average molecular weight is 327 g/mol. The molecule has 0 radical (unpaired) electrons. The Hall–Kier alpha value is -2.56. The highest BCUT2D eigenvalue weighted by Crippen LogP contribution is 2.08. The van der Waals surface area contributed by atoms with Crippen LogP contribution in [-0.4, -0.2) is 28.0 Å². The van der Waals surface area contributed by atoms with Gasteiger partial charge < -0.3 is 15.2 Å². The third kappa shape index (κ3) is 4.98. The number of benzene rings is 1. The maximum absolute atomic E-state index is 12.5. The molecule has 0 saturated carbocycles. The predicted octanol–water partition coefficient (Wildman–Crippen LogP) is 2.57. The van der Waals surface area contributed by atoms with Crippen molar-refractivity contribution in [3.8, 4) is 0 Å². The van der Waals surface area contributed by atoms with Crippen LogP contribution in [0.4, 0.5) is 0 Å². The van der Waals surface area contributed by atoms with Gasteiger partial charge in [-0.15, -0.1) is 0 Å². The van der Waals surface area contributed by atoms with E-state index in [1.165, 1.54) is 0 Å². The largest absolute Gasteiger partial charge is 0.350 e. The van der Waals surface area contributed by atoms with Gasteiger partial charge in [-0.2, -0.15) is 0 Å². The number of amides is 2. The quantitative estimate of drug-likeness (QED) is 0.886. The molecule has 2 amide bonds. The number of carbonyl (C=O) groups excluding carboxylic acids is 2. The second kappa shape index (κ2) is 7.34. The number of nitrogens with one attached hydrogen (secondary N) is 2. The fraction of sp³-hybridized carbons (Fsp3) is 0.368. The first-order valence-electron chi connectivity index (χ1n) is 8.08. The van der Waals surface area contributed by atoms with Gasteiger partial charge in [-0.3, -0.25) is 9.59 Å². The van der Waals surface area contributed by atoms with Crippen molar-refractivity contribution in [3.63, 3.8) is 0 Å². The zero-order chi connectivity index (χ0) is 17.7. The highest BCUT2D eigenvalue weighted by Gasteiger charge is 2.22. The molecule has 0 aliphatic carbocycles. The van der Waals surface area contributed by atoms with Gasteiger partial charge in [0, 0.05) is 18.3 Å². The summed E-state index contributed by atoms with van der Waals surface area (Å²) in [7, 11) is 0. The molecule has 0 bridgehead atoms. The Morgan fingerprint density at radius 1 is 1.08 bits per heavy atom. The summed E-state index contributed by atoms with van der Waals surface area (Å²) in [5.74, 6) is -0.454. The van der Waals surface area contributed by atoms with Gasteiger partial charge in [-0.25, -0.2) is 0 Å². The Balaban J connectivity index is 2.03. The van der Waals surface area contributed by atoms with Crippen molar-refractivity contribution in [1.82, 2.24) is 15.2 Å². The summed E-state index contributed by atoms with van der Waals surface area (Å²) in [6.45, 7) is 8.02. The average Bonchev–Trinajstić information content (AvgIpc) is 2.94. The molecule has 1 aromatic heterocycles. The molecule has 5 nitrogen and oxygen atoms in total. The lowest BCUT2D eigenvalue weighted by Gasteiger charge is -2.23. The van der Waals surface area contributed by atoms with Crippen LogP contribution < -0.4 is 10.6 Å². The zero-order valence-electron chi connectivity index (χ0n) is 14.7. The van der Waals surface area contributed by atoms with Crippen LogP contribution in [0.15, 0.2) is 48.7 Å². The van der Waals surface area contributed by atoms with E-state index in [-0.39, 0.29) is 17.4 Å². The van der Waals surface area contributed by atoms with Crippen molar-refractivity contribution in [1.29, 1.82) is 0 Å². The predicted molar refractivity (Wildman–Crippen MR) is 94.8 cm³/mol. The molecule has 1 heterocycles. The fourth-order valence-corrected chi connectivity index (χ4v) is 2.35. The lowest BCUT2D eigenvalue weighted by molar-refractivity contribution is -0.124. The molecule has 1 aromatic carbocycles. The summed E-state index contributed by atoms with van der Waals surface area (Å²) in [6, 6.07) is 12.9. The van der Waals surface area contributed by atoms with E-state index in [2.05, 4.69) is 10.6 Å². The summed E-state index contributed by atoms with van der Waals surface area (Å²) in [5, 5.41) is 5.62. The highest BCUT2D eigenvalue weighted by atomic mass is 16.2. The first-order chi connectivity index (χ1) is 11.3. The topological polar surface area (TPSA) is 63.1 Å². The molecule has 0 saturated heterocycles. The van der Waals surface area contributed by atoms with Gasteiger partial charge in [0.15, 0.2) is 0 Å². The van der Waals surface area contributed by atoms with Crippen molar-refractivity contribution in [2.75, 3.05) is 0 Å². The first-order valence-corrected chi connectivity index (χ1v) is 8.08.